The Kier molecular flexibility index (Phi) is 5.80. The smallest absolute Gasteiger partial charge is 0 e. The van der Waals surface area contributed by atoms with Gasteiger partial charge in [-0.05, 0) is 129 Å². The molecule has 0 nitrogen and oxygen atoms in total. The van der Waals surface area contributed by atoms with E-state index in [-0.39, 0.29) is 30.3 Å². The molecule has 8 bridgehead atoms. The average molecular weight is 466 g/mol. The monoisotopic (exact) mass is 465 g/mol. The van der Waals surface area contributed by atoms with Crippen molar-refractivity contribution in [1.29, 1.82) is 0 Å². The van der Waals surface area contributed by atoms with Gasteiger partial charge in [-0.3, -0.25) is 0 Å². The van der Waals surface area contributed by atoms with Crippen molar-refractivity contribution in [2.75, 3.05) is 0 Å². The summed E-state index contributed by atoms with van der Waals surface area (Å²) in [6, 6.07) is 0. The van der Waals surface area contributed by atoms with Crippen molar-refractivity contribution in [2.24, 2.45) is 58.7 Å². The molecule has 0 aromatic rings. The summed E-state index contributed by atoms with van der Waals surface area (Å²) in [5.74, 6) is 10.1. The molecule has 26 heavy (non-hydrogen) atoms. The van der Waals surface area contributed by atoms with E-state index in [1.54, 1.807) is 70.6 Å². The maximum absolute atomic E-state index is 4.37. The standard InChI is InChI=1S/C24H37.H3P.Pd/c1-2-3-22(23-20-8-15-4-16(10-20)11-21(23)9-15)24-12-17-5-18(13-24)7-19(6-17)14-24;;/h15-23H,1-14H2;1H3;/q-1;;. The normalized spacial score (nSPS) is 53.9. The average Bonchev–Trinajstić information content (AvgIpc) is 2.51. The topological polar surface area (TPSA) is 0 Å². The van der Waals surface area contributed by atoms with E-state index in [4.69, 9.17) is 0 Å². The van der Waals surface area contributed by atoms with Crippen LogP contribution in [0.25, 0.3) is 0 Å². The zero-order valence-corrected chi connectivity index (χ0v) is 19.6. The Labute approximate surface area is 179 Å². The molecular weight excluding hydrogens is 426 g/mol. The van der Waals surface area contributed by atoms with Gasteiger partial charge in [0.2, 0.25) is 0 Å². The second kappa shape index (κ2) is 7.41. The van der Waals surface area contributed by atoms with Gasteiger partial charge in [-0.1, -0.05) is 6.42 Å². The molecule has 0 radical (unpaired) electrons. The van der Waals surface area contributed by atoms with Crippen LogP contribution in [0.5, 0.6) is 0 Å². The molecular formula is C24H40PPd-. The minimum absolute atomic E-state index is 0. The van der Waals surface area contributed by atoms with Crippen molar-refractivity contribution in [3.05, 3.63) is 6.92 Å². The fraction of sp³-hybridized carbons (Fsp3) is 0.958. The molecule has 2 atom stereocenters. The molecule has 0 saturated heterocycles. The van der Waals surface area contributed by atoms with Crippen LogP contribution in [0.2, 0.25) is 0 Å². The summed E-state index contributed by atoms with van der Waals surface area (Å²) in [4.78, 5) is 0. The summed E-state index contributed by atoms with van der Waals surface area (Å²) in [5.41, 5.74) is 0.784. The van der Waals surface area contributed by atoms with Crippen LogP contribution >= 0.6 is 9.90 Å². The molecule has 8 fully saturated rings. The third kappa shape index (κ3) is 3.05. The van der Waals surface area contributed by atoms with Crippen molar-refractivity contribution in [3.63, 3.8) is 0 Å². The second-order valence-electron chi connectivity index (χ2n) is 11.5. The Morgan fingerprint density at radius 3 is 1.54 bits per heavy atom. The summed E-state index contributed by atoms with van der Waals surface area (Å²) in [6.07, 6.45) is 20.5. The Hall–Kier alpha value is 1.09. The maximum Gasteiger partial charge on any atom is 0 e. The van der Waals surface area contributed by atoms with Crippen LogP contribution in [0.15, 0.2) is 0 Å². The first-order chi connectivity index (χ1) is 11.7. The quantitative estimate of drug-likeness (QED) is 0.250. The van der Waals surface area contributed by atoms with E-state index in [1.807, 2.05) is 0 Å². The van der Waals surface area contributed by atoms with E-state index >= 15 is 0 Å². The number of hydrogen-bond donors (Lipinski definition) is 0. The summed E-state index contributed by atoms with van der Waals surface area (Å²) in [7, 11) is 0. The molecule has 0 heterocycles. The molecule has 8 saturated carbocycles. The van der Waals surface area contributed by atoms with Gasteiger partial charge in [0.15, 0.2) is 0 Å². The summed E-state index contributed by atoms with van der Waals surface area (Å²) in [5, 5.41) is 0. The number of rotatable bonds is 4. The molecule has 0 aromatic heterocycles. The van der Waals surface area contributed by atoms with Crippen LogP contribution in [-0.2, 0) is 20.4 Å². The molecule has 0 amide bonds. The van der Waals surface area contributed by atoms with Gasteiger partial charge < -0.3 is 6.92 Å². The Morgan fingerprint density at radius 2 is 1.12 bits per heavy atom. The van der Waals surface area contributed by atoms with Crippen molar-refractivity contribution >= 4 is 9.90 Å². The van der Waals surface area contributed by atoms with E-state index in [9.17, 15) is 0 Å². The van der Waals surface area contributed by atoms with E-state index in [0.717, 1.165) is 58.7 Å². The van der Waals surface area contributed by atoms with Crippen molar-refractivity contribution in [3.8, 4) is 0 Å². The molecule has 2 unspecified atom stereocenters. The van der Waals surface area contributed by atoms with Crippen LogP contribution in [0.1, 0.15) is 83.5 Å². The summed E-state index contributed by atoms with van der Waals surface area (Å²) in [6.45, 7) is 4.37. The van der Waals surface area contributed by atoms with Gasteiger partial charge in [-0.25, -0.2) is 0 Å². The minimum Gasteiger partial charge on any atom is -0.343 e. The van der Waals surface area contributed by atoms with Crippen molar-refractivity contribution in [2.45, 2.75) is 83.5 Å². The van der Waals surface area contributed by atoms with Crippen LogP contribution < -0.4 is 0 Å². The van der Waals surface area contributed by atoms with E-state index in [0.29, 0.717) is 0 Å². The van der Waals surface area contributed by atoms with E-state index in [1.165, 1.54) is 12.8 Å². The predicted molar refractivity (Wildman–Crippen MR) is 110 cm³/mol. The Bertz CT molecular complexity index is 451. The molecule has 2 heteroatoms. The van der Waals surface area contributed by atoms with Gasteiger partial charge >= 0.3 is 0 Å². The van der Waals surface area contributed by atoms with Crippen molar-refractivity contribution < 1.29 is 20.4 Å². The maximum atomic E-state index is 4.37. The fourth-order valence-electron chi connectivity index (χ4n) is 10.4. The summed E-state index contributed by atoms with van der Waals surface area (Å²) < 4.78 is 0. The molecule has 0 N–H and O–H groups in total. The molecule has 0 aliphatic heterocycles. The predicted octanol–water partition coefficient (Wildman–Crippen LogP) is 6.56. The Balaban J connectivity index is 0.000000841. The Morgan fingerprint density at radius 1 is 0.692 bits per heavy atom. The van der Waals surface area contributed by atoms with Gasteiger partial charge in [0.25, 0.3) is 0 Å². The molecule has 8 rings (SSSR count). The third-order valence-electron chi connectivity index (χ3n) is 10.2. The summed E-state index contributed by atoms with van der Waals surface area (Å²) >= 11 is 0. The van der Waals surface area contributed by atoms with Crippen LogP contribution in [0.4, 0.5) is 0 Å². The first-order valence-corrected chi connectivity index (χ1v) is 11.5. The van der Waals surface area contributed by atoms with Gasteiger partial charge in [0.1, 0.15) is 0 Å². The molecule has 0 aromatic carbocycles. The molecule has 152 valence electrons. The first kappa shape index (κ1) is 20.4. The molecule has 8 aliphatic carbocycles. The zero-order valence-electron chi connectivity index (χ0n) is 16.6. The van der Waals surface area contributed by atoms with E-state index < -0.39 is 0 Å². The zero-order chi connectivity index (χ0) is 15.9. The SMILES string of the molecule is P.[CH2-]CCC(C1C2CC3CC(C2)CC1C3)C12CC3CC(CC(C3)C1)C2.[Pd]. The van der Waals surface area contributed by atoms with Crippen LogP contribution in [0, 0.1) is 65.6 Å². The fourth-order valence-corrected chi connectivity index (χ4v) is 10.4. The molecule has 8 aliphatic rings. The van der Waals surface area contributed by atoms with Gasteiger partial charge in [0, 0.05) is 20.4 Å². The van der Waals surface area contributed by atoms with Gasteiger partial charge in [0.05, 0.1) is 0 Å². The van der Waals surface area contributed by atoms with Gasteiger partial charge in [-0.15, -0.1) is 0 Å². The van der Waals surface area contributed by atoms with E-state index in [2.05, 4.69) is 6.92 Å². The van der Waals surface area contributed by atoms with Gasteiger partial charge in [-0.2, -0.15) is 16.3 Å². The minimum atomic E-state index is 0. The van der Waals surface area contributed by atoms with Crippen LogP contribution in [0.3, 0.4) is 0 Å². The van der Waals surface area contributed by atoms with Crippen molar-refractivity contribution in [1.82, 2.24) is 0 Å². The second-order valence-corrected chi connectivity index (χ2v) is 11.5. The number of hydrogen-bond acceptors (Lipinski definition) is 0. The van der Waals surface area contributed by atoms with Crippen LogP contribution in [-0.4, -0.2) is 0 Å². The largest absolute Gasteiger partial charge is 0.343 e. The molecule has 0 spiro atoms. The first-order valence-electron chi connectivity index (χ1n) is 11.5. The third-order valence-corrected chi connectivity index (χ3v) is 10.2.